The maximum atomic E-state index is 13.1. The van der Waals surface area contributed by atoms with Gasteiger partial charge in [0.05, 0.1) is 12.7 Å². The summed E-state index contributed by atoms with van der Waals surface area (Å²) in [4.78, 5) is 33.3. The minimum absolute atomic E-state index is 0.0340. The van der Waals surface area contributed by atoms with E-state index >= 15 is 0 Å². The van der Waals surface area contributed by atoms with Crippen molar-refractivity contribution in [1.82, 2.24) is 14.8 Å². The van der Waals surface area contributed by atoms with Crippen LogP contribution in [-0.4, -0.2) is 46.2 Å². The second-order valence-electron chi connectivity index (χ2n) is 8.19. The summed E-state index contributed by atoms with van der Waals surface area (Å²) in [5.74, 6) is 1.01. The molecule has 1 aromatic heterocycles. The zero-order valence-electron chi connectivity index (χ0n) is 17.2. The molecule has 0 saturated carbocycles. The Labute approximate surface area is 176 Å². The predicted molar refractivity (Wildman–Crippen MR) is 109 cm³/mol. The van der Waals surface area contributed by atoms with Crippen LogP contribution in [-0.2, 0) is 16.0 Å². The fourth-order valence-corrected chi connectivity index (χ4v) is 4.31. The van der Waals surface area contributed by atoms with Crippen LogP contribution in [0.1, 0.15) is 68.2 Å². The minimum atomic E-state index is -0.267. The van der Waals surface area contributed by atoms with Gasteiger partial charge in [-0.25, -0.2) is 9.37 Å². The molecule has 2 aromatic rings. The number of aromatic nitrogens is 1. The molecule has 0 unspecified atom stereocenters. The standard InChI is InChI=1S/C23H28FN3O3/c24-18-10-8-17(9-11-18)14-19-15-25-23(30-19)20-6-3-5-13-27(20)22(29)16-26-12-4-1-2-7-21(26)28/h8-11,15,20H,1-7,12-14,16H2/t20-/m0/s1. The number of rotatable bonds is 5. The molecule has 0 bridgehead atoms. The smallest absolute Gasteiger partial charge is 0.242 e. The Hall–Kier alpha value is -2.70. The van der Waals surface area contributed by atoms with Gasteiger partial charge in [-0.1, -0.05) is 18.6 Å². The molecule has 2 aliphatic heterocycles. The van der Waals surface area contributed by atoms with Gasteiger partial charge in [0.1, 0.15) is 17.6 Å². The van der Waals surface area contributed by atoms with Gasteiger partial charge in [-0.15, -0.1) is 0 Å². The van der Waals surface area contributed by atoms with E-state index in [2.05, 4.69) is 4.98 Å². The summed E-state index contributed by atoms with van der Waals surface area (Å²) in [6, 6.07) is 6.12. The molecule has 160 valence electrons. The molecule has 0 radical (unpaired) electrons. The number of halogens is 1. The number of hydrogen-bond acceptors (Lipinski definition) is 4. The molecule has 2 fully saturated rings. The summed E-state index contributed by atoms with van der Waals surface area (Å²) in [6.07, 6.45) is 8.39. The molecule has 2 aliphatic rings. The number of carbonyl (C=O) groups excluding carboxylic acids is 2. The van der Waals surface area contributed by atoms with Gasteiger partial charge in [0, 0.05) is 25.9 Å². The molecule has 7 heteroatoms. The van der Waals surface area contributed by atoms with E-state index in [9.17, 15) is 14.0 Å². The zero-order valence-corrected chi connectivity index (χ0v) is 17.2. The highest BCUT2D eigenvalue weighted by atomic mass is 19.1. The largest absolute Gasteiger partial charge is 0.443 e. The van der Waals surface area contributed by atoms with Gasteiger partial charge in [-0.3, -0.25) is 9.59 Å². The molecule has 0 spiro atoms. The van der Waals surface area contributed by atoms with Crippen LogP contribution in [0.25, 0.3) is 0 Å². The third-order valence-corrected chi connectivity index (χ3v) is 5.97. The molecule has 4 rings (SSSR count). The lowest BCUT2D eigenvalue weighted by atomic mass is 10.0. The number of amides is 2. The summed E-state index contributed by atoms with van der Waals surface area (Å²) in [6.45, 7) is 1.45. The normalized spacial score (nSPS) is 20.3. The van der Waals surface area contributed by atoms with E-state index in [0.29, 0.717) is 37.6 Å². The molecule has 1 atom stereocenters. The number of benzene rings is 1. The van der Waals surface area contributed by atoms with Crippen LogP contribution >= 0.6 is 0 Å². The fraction of sp³-hybridized carbons (Fsp3) is 0.522. The molecule has 2 saturated heterocycles. The van der Waals surface area contributed by atoms with Gasteiger partial charge in [-0.05, 0) is 49.8 Å². The van der Waals surface area contributed by atoms with Crippen molar-refractivity contribution in [1.29, 1.82) is 0 Å². The first-order valence-electron chi connectivity index (χ1n) is 10.9. The van der Waals surface area contributed by atoms with Crippen LogP contribution < -0.4 is 0 Å². The first-order valence-corrected chi connectivity index (χ1v) is 10.9. The highest BCUT2D eigenvalue weighted by Gasteiger charge is 2.33. The Kier molecular flexibility index (Phi) is 6.45. The van der Waals surface area contributed by atoms with Gasteiger partial charge in [0.15, 0.2) is 0 Å². The Bertz CT molecular complexity index is 880. The molecular weight excluding hydrogens is 385 g/mol. The van der Waals surface area contributed by atoms with Crippen LogP contribution in [0, 0.1) is 5.82 Å². The first kappa shape index (κ1) is 20.6. The fourth-order valence-electron chi connectivity index (χ4n) is 4.31. The molecule has 0 aliphatic carbocycles. The van der Waals surface area contributed by atoms with E-state index in [1.54, 1.807) is 23.2 Å². The van der Waals surface area contributed by atoms with Gasteiger partial charge in [-0.2, -0.15) is 0 Å². The average Bonchev–Trinajstić information content (AvgIpc) is 3.13. The van der Waals surface area contributed by atoms with Crippen molar-refractivity contribution < 1.29 is 18.4 Å². The molecule has 1 aromatic carbocycles. The van der Waals surface area contributed by atoms with E-state index in [1.807, 2.05) is 4.90 Å². The Morgan fingerprint density at radius 2 is 1.90 bits per heavy atom. The van der Waals surface area contributed by atoms with Gasteiger partial charge >= 0.3 is 0 Å². The van der Waals surface area contributed by atoms with Gasteiger partial charge in [0.2, 0.25) is 17.7 Å². The lowest BCUT2D eigenvalue weighted by Gasteiger charge is -2.35. The van der Waals surface area contributed by atoms with Crippen molar-refractivity contribution in [3.05, 3.63) is 53.5 Å². The topological polar surface area (TPSA) is 66.7 Å². The zero-order chi connectivity index (χ0) is 20.9. The molecule has 3 heterocycles. The van der Waals surface area contributed by atoms with Crippen molar-refractivity contribution in [3.8, 4) is 0 Å². The van der Waals surface area contributed by atoms with E-state index in [4.69, 9.17) is 4.42 Å². The summed E-state index contributed by atoms with van der Waals surface area (Å²) >= 11 is 0. The quantitative estimate of drug-likeness (QED) is 0.747. The second kappa shape index (κ2) is 9.41. The Morgan fingerprint density at radius 1 is 1.10 bits per heavy atom. The molecule has 30 heavy (non-hydrogen) atoms. The molecule has 0 N–H and O–H groups in total. The third kappa shape index (κ3) is 4.89. The van der Waals surface area contributed by atoms with Gasteiger partial charge in [0.25, 0.3) is 0 Å². The van der Waals surface area contributed by atoms with Crippen LogP contribution in [0.2, 0.25) is 0 Å². The van der Waals surface area contributed by atoms with E-state index in [-0.39, 0.29) is 30.2 Å². The molecular formula is C23H28FN3O3. The van der Waals surface area contributed by atoms with Gasteiger partial charge < -0.3 is 14.2 Å². The SMILES string of the molecule is O=C1CCCCCN1CC(=O)N1CCCC[C@H]1c1ncc(Cc2ccc(F)cc2)o1. The lowest BCUT2D eigenvalue weighted by Crippen LogP contribution is -2.46. The number of hydrogen-bond donors (Lipinski definition) is 0. The van der Waals surface area contributed by atoms with E-state index < -0.39 is 0 Å². The minimum Gasteiger partial charge on any atom is -0.443 e. The number of nitrogens with zero attached hydrogens (tertiary/aromatic N) is 3. The maximum absolute atomic E-state index is 13.1. The van der Waals surface area contributed by atoms with Crippen molar-refractivity contribution in [2.45, 2.75) is 57.4 Å². The van der Waals surface area contributed by atoms with Crippen LogP contribution in [0.4, 0.5) is 4.39 Å². The second-order valence-corrected chi connectivity index (χ2v) is 8.19. The van der Waals surface area contributed by atoms with Crippen molar-refractivity contribution >= 4 is 11.8 Å². The molecule has 6 nitrogen and oxygen atoms in total. The number of oxazole rings is 1. The van der Waals surface area contributed by atoms with Crippen molar-refractivity contribution in [3.63, 3.8) is 0 Å². The van der Waals surface area contributed by atoms with Crippen LogP contribution in [0.3, 0.4) is 0 Å². The maximum Gasteiger partial charge on any atom is 0.242 e. The predicted octanol–water partition coefficient (Wildman–Crippen LogP) is 3.86. The number of likely N-dealkylation sites (tertiary alicyclic amines) is 2. The van der Waals surface area contributed by atoms with Crippen LogP contribution in [0.15, 0.2) is 34.9 Å². The van der Waals surface area contributed by atoms with Crippen molar-refractivity contribution in [2.75, 3.05) is 19.6 Å². The van der Waals surface area contributed by atoms with Crippen molar-refractivity contribution in [2.24, 2.45) is 0 Å². The number of piperidine rings is 1. The highest BCUT2D eigenvalue weighted by molar-refractivity contribution is 5.85. The van der Waals surface area contributed by atoms with Crippen LogP contribution in [0.5, 0.6) is 0 Å². The molecule has 2 amide bonds. The highest BCUT2D eigenvalue weighted by Crippen LogP contribution is 2.31. The van der Waals surface area contributed by atoms with E-state index in [1.165, 1.54) is 12.1 Å². The van der Waals surface area contributed by atoms with E-state index in [0.717, 1.165) is 44.1 Å². The summed E-state index contributed by atoms with van der Waals surface area (Å²) in [5, 5.41) is 0. The first-order chi connectivity index (χ1) is 14.6. The summed E-state index contributed by atoms with van der Waals surface area (Å²) < 4.78 is 19.1. The Balaban J connectivity index is 1.44. The Morgan fingerprint density at radius 3 is 2.73 bits per heavy atom. The lowest BCUT2D eigenvalue weighted by molar-refractivity contribution is -0.143. The number of carbonyl (C=O) groups is 2. The third-order valence-electron chi connectivity index (χ3n) is 5.97. The monoisotopic (exact) mass is 413 g/mol. The summed E-state index contributed by atoms with van der Waals surface area (Å²) in [7, 11) is 0. The summed E-state index contributed by atoms with van der Waals surface area (Å²) in [5.41, 5.74) is 0.940. The average molecular weight is 413 g/mol.